The van der Waals surface area contributed by atoms with Crippen LogP contribution in [0, 0.1) is 0 Å². The summed E-state index contributed by atoms with van der Waals surface area (Å²) in [5.74, 6) is -0.170. The predicted octanol–water partition coefficient (Wildman–Crippen LogP) is 0.539. The number of nitrogens with zero attached hydrogens (tertiary/aromatic N) is 1. The van der Waals surface area contributed by atoms with Gasteiger partial charge in [0.05, 0.1) is 34.2 Å². The van der Waals surface area contributed by atoms with Crippen LogP contribution < -0.4 is 5.43 Å². The van der Waals surface area contributed by atoms with Crippen molar-refractivity contribution in [3.63, 3.8) is 0 Å². The fourth-order valence-electron chi connectivity index (χ4n) is 0.731. The summed E-state index contributed by atoms with van der Waals surface area (Å²) in [4.78, 5) is 10.8. The van der Waals surface area contributed by atoms with E-state index in [1.807, 2.05) is 0 Å². The zero-order valence-corrected chi connectivity index (χ0v) is 9.26. The monoisotopic (exact) mass is 189 g/mol. The minimum Gasteiger partial charge on any atom is -0.469 e. The summed E-state index contributed by atoms with van der Waals surface area (Å²) in [7, 11) is 5.55. The van der Waals surface area contributed by atoms with Crippen molar-refractivity contribution in [3.8, 4) is 0 Å². The van der Waals surface area contributed by atoms with E-state index >= 15 is 0 Å². The maximum Gasteiger partial charge on any atom is 0.307 e. The Morgan fingerprint density at radius 1 is 1.46 bits per heavy atom. The minimum atomic E-state index is -0.170. The van der Waals surface area contributed by atoms with Gasteiger partial charge in [0.25, 0.3) is 0 Å². The number of ether oxygens (including phenoxy) is 1. The number of nitrogens with one attached hydrogen (secondary N) is 1. The van der Waals surface area contributed by atoms with E-state index in [1.165, 1.54) is 7.11 Å². The Morgan fingerprint density at radius 3 is 2.38 bits per heavy atom. The molecule has 4 heteroatoms. The summed E-state index contributed by atoms with van der Waals surface area (Å²) in [6, 6.07) is 0.484. The Hall–Kier alpha value is -0.610. The van der Waals surface area contributed by atoms with Crippen molar-refractivity contribution in [2.45, 2.75) is 26.3 Å². The molecule has 0 spiro atoms. The Kier molecular flexibility index (Phi) is 4.95. The maximum absolute atomic E-state index is 10.8. The second-order valence-corrected chi connectivity index (χ2v) is 3.87. The van der Waals surface area contributed by atoms with E-state index in [9.17, 15) is 4.79 Å². The quantitative estimate of drug-likeness (QED) is 0.390. The number of quaternary nitrogens is 1. The largest absolute Gasteiger partial charge is 0.469 e. The number of hydrogen-bond acceptors (Lipinski definition) is 3. The number of hydrogen-bond donors (Lipinski definition) is 1. The van der Waals surface area contributed by atoms with Crippen molar-refractivity contribution < 1.29 is 14.1 Å². The van der Waals surface area contributed by atoms with Crippen molar-refractivity contribution in [2.75, 3.05) is 27.7 Å². The molecule has 0 aromatic heterocycles. The Bertz CT molecular complexity index is 167. The van der Waals surface area contributed by atoms with Gasteiger partial charge in [0, 0.05) is 0 Å². The fourth-order valence-corrected chi connectivity index (χ4v) is 0.731. The van der Waals surface area contributed by atoms with Crippen LogP contribution in [0.3, 0.4) is 0 Å². The second kappa shape index (κ2) is 5.19. The Labute approximate surface area is 80.4 Å². The minimum absolute atomic E-state index is 0.170. The molecule has 78 valence electrons. The van der Waals surface area contributed by atoms with Gasteiger partial charge in [-0.25, -0.2) is 4.59 Å². The first-order valence-corrected chi connectivity index (χ1v) is 4.55. The van der Waals surface area contributed by atoms with Gasteiger partial charge in [0.1, 0.15) is 6.04 Å². The molecule has 0 saturated carbocycles. The molecule has 0 aliphatic heterocycles. The molecule has 0 bridgehead atoms. The first-order valence-electron chi connectivity index (χ1n) is 4.55. The predicted molar refractivity (Wildman–Crippen MR) is 51.9 cm³/mol. The van der Waals surface area contributed by atoms with E-state index in [-0.39, 0.29) is 5.97 Å². The van der Waals surface area contributed by atoms with E-state index in [1.54, 1.807) is 0 Å². The number of methoxy groups -OCH3 is 1. The average Bonchev–Trinajstić information content (AvgIpc) is 2.03. The summed E-state index contributed by atoms with van der Waals surface area (Å²) in [5, 5.41) is 0. The smallest absolute Gasteiger partial charge is 0.307 e. The SMILES string of the molecule is COC(=O)CCN[N+](C)(C)C(C)C. The summed E-state index contributed by atoms with van der Waals surface area (Å²) < 4.78 is 5.24. The van der Waals surface area contributed by atoms with Crippen molar-refractivity contribution in [1.29, 1.82) is 0 Å². The first-order chi connectivity index (χ1) is 5.90. The molecule has 0 heterocycles. The van der Waals surface area contributed by atoms with Gasteiger partial charge >= 0.3 is 5.97 Å². The zero-order chi connectivity index (χ0) is 10.5. The topological polar surface area (TPSA) is 38.3 Å². The summed E-state index contributed by atoms with van der Waals surface area (Å²) in [6.07, 6.45) is 0.422. The van der Waals surface area contributed by atoms with E-state index < -0.39 is 0 Å². The second-order valence-electron chi connectivity index (χ2n) is 3.87. The van der Waals surface area contributed by atoms with Crippen LogP contribution in [0.1, 0.15) is 20.3 Å². The first kappa shape index (κ1) is 12.4. The molecule has 0 rings (SSSR count). The molecule has 0 atom stereocenters. The molecule has 1 N–H and O–H groups in total. The molecule has 0 amide bonds. The number of esters is 1. The van der Waals surface area contributed by atoms with Crippen LogP contribution in [-0.4, -0.2) is 44.4 Å². The standard InChI is InChI=1S/C9H21N2O2/c1-8(2)11(3,4)10-7-6-9(12)13-5/h8,10H,6-7H2,1-5H3/q+1. The van der Waals surface area contributed by atoms with Crippen molar-refractivity contribution in [2.24, 2.45) is 0 Å². The molecule has 0 fully saturated rings. The van der Waals surface area contributed by atoms with E-state index in [0.717, 1.165) is 0 Å². The van der Waals surface area contributed by atoms with E-state index in [2.05, 4.69) is 38.1 Å². The van der Waals surface area contributed by atoms with E-state index in [0.29, 0.717) is 23.6 Å². The van der Waals surface area contributed by atoms with Gasteiger partial charge in [-0.3, -0.25) is 4.79 Å². The molecule has 0 unspecified atom stereocenters. The number of carbonyl (C=O) groups excluding carboxylic acids is 1. The van der Waals surface area contributed by atoms with Gasteiger partial charge in [0.2, 0.25) is 0 Å². The molecule has 0 radical (unpaired) electrons. The molecule has 0 aliphatic carbocycles. The van der Waals surface area contributed by atoms with Crippen molar-refractivity contribution in [1.82, 2.24) is 5.43 Å². The lowest BCUT2D eigenvalue weighted by atomic mass is 10.3. The molecule has 0 aromatic carbocycles. The molecule has 0 aliphatic rings. The third-order valence-electron chi connectivity index (χ3n) is 2.37. The van der Waals surface area contributed by atoms with Crippen LogP contribution >= 0.6 is 0 Å². The lowest BCUT2D eigenvalue weighted by molar-refractivity contribution is -0.953. The van der Waals surface area contributed by atoms with Gasteiger partial charge in [-0.2, -0.15) is 5.43 Å². The summed E-state index contributed by atoms with van der Waals surface area (Å²) in [6.45, 7) is 4.91. The molecule has 0 saturated heterocycles. The fraction of sp³-hybridized carbons (Fsp3) is 0.889. The van der Waals surface area contributed by atoms with Gasteiger partial charge in [-0.05, 0) is 13.8 Å². The van der Waals surface area contributed by atoms with Crippen LogP contribution in [0.2, 0.25) is 0 Å². The highest BCUT2D eigenvalue weighted by Gasteiger charge is 2.19. The molecule has 13 heavy (non-hydrogen) atoms. The van der Waals surface area contributed by atoms with Crippen LogP contribution in [0.25, 0.3) is 0 Å². The molecule has 4 nitrogen and oxygen atoms in total. The average molecular weight is 189 g/mol. The Morgan fingerprint density at radius 2 is 2.00 bits per heavy atom. The van der Waals surface area contributed by atoms with Gasteiger partial charge in [-0.15, -0.1) is 0 Å². The molecular formula is C9H21N2O2+. The lowest BCUT2D eigenvalue weighted by Gasteiger charge is -2.33. The van der Waals surface area contributed by atoms with E-state index in [4.69, 9.17) is 0 Å². The van der Waals surface area contributed by atoms with Crippen LogP contribution in [0.5, 0.6) is 0 Å². The van der Waals surface area contributed by atoms with Crippen molar-refractivity contribution >= 4 is 5.97 Å². The van der Waals surface area contributed by atoms with Crippen LogP contribution in [0.4, 0.5) is 0 Å². The van der Waals surface area contributed by atoms with Crippen LogP contribution in [0.15, 0.2) is 0 Å². The van der Waals surface area contributed by atoms with Crippen molar-refractivity contribution in [3.05, 3.63) is 0 Å². The highest BCUT2D eigenvalue weighted by atomic mass is 16.5. The zero-order valence-electron chi connectivity index (χ0n) is 9.26. The Balaban J connectivity index is 3.70. The number of carbonyl (C=O) groups is 1. The lowest BCUT2D eigenvalue weighted by Crippen LogP contribution is -2.56. The maximum atomic E-state index is 10.8. The normalized spacial score (nSPS) is 11.8. The number of rotatable bonds is 5. The van der Waals surface area contributed by atoms with Gasteiger partial charge < -0.3 is 4.74 Å². The van der Waals surface area contributed by atoms with Gasteiger partial charge in [-0.1, -0.05) is 0 Å². The van der Waals surface area contributed by atoms with Gasteiger partial charge in [0.15, 0.2) is 0 Å². The molecule has 0 aromatic rings. The summed E-state index contributed by atoms with van der Waals surface area (Å²) in [5.41, 5.74) is 3.26. The van der Waals surface area contributed by atoms with Crippen LogP contribution in [-0.2, 0) is 9.53 Å². The molecular weight excluding hydrogens is 168 g/mol. The highest BCUT2D eigenvalue weighted by molar-refractivity contribution is 5.69. The third-order valence-corrected chi connectivity index (χ3v) is 2.37. The summed E-state index contributed by atoms with van der Waals surface area (Å²) >= 11 is 0. The highest BCUT2D eigenvalue weighted by Crippen LogP contribution is 2.00. The third kappa shape index (κ3) is 4.85.